The van der Waals surface area contributed by atoms with E-state index in [2.05, 4.69) is 10.9 Å². The third kappa shape index (κ3) is 4.41. The van der Waals surface area contributed by atoms with E-state index in [1.807, 2.05) is 0 Å². The molecule has 1 aliphatic heterocycles. The fourth-order valence-corrected chi connectivity index (χ4v) is 3.54. The summed E-state index contributed by atoms with van der Waals surface area (Å²) < 4.78 is 32.3. The van der Waals surface area contributed by atoms with Crippen molar-refractivity contribution in [1.82, 2.24) is 4.90 Å². The van der Waals surface area contributed by atoms with Crippen LogP contribution in [0.2, 0.25) is 0 Å². The number of ether oxygens (including phenoxy) is 1. The number of thioether (sulfide) groups is 1. The van der Waals surface area contributed by atoms with Gasteiger partial charge in [-0.05, 0) is 54.6 Å². The molecule has 1 amide bonds. The third-order valence-electron chi connectivity index (χ3n) is 3.83. The molecule has 0 aromatic heterocycles. The van der Waals surface area contributed by atoms with Crippen LogP contribution in [0.1, 0.15) is 12.5 Å². The summed E-state index contributed by atoms with van der Waals surface area (Å²) in [5.41, 5.74) is 0.778. The van der Waals surface area contributed by atoms with Crippen LogP contribution in [0.15, 0.2) is 52.4 Å². The molecule has 2 aromatic rings. The van der Waals surface area contributed by atoms with Crippen LogP contribution >= 0.6 is 11.8 Å². The minimum absolute atomic E-state index is 0.0218. The van der Waals surface area contributed by atoms with Crippen molar-refractivity contribution < 1.29 is 18.3 Å². The van der Waals surface area contributed by atoms with Crippen LogP contribution in [0, 0.1) is 24.0 Å². The van der Waals surface area contributed by atoms with Gasteiger partial charge in [0.15, 0.2) is 11.0 Å². The quantitative estimate of drug-likeness (QED) is 0.546. The number of carbonyl (C=O) groups excluding carboxylic acids is 1. The molecule has 0 bridgehead atoms. The van der Waals surface area contributed by atoms with Gasteiger partial charge in [0.05, 0.1) is 4.91 Å². The highest BCUT2D eigenvalue weighted by molar-refractivity contribution is 8.18. The van der Waals surface area contributed by atoms with Gasteiger partial charge in [0.25, 0.3) is 5.91 Å². The highest BCUT2D eigenvalue weighted by Gasteiger charge is 2.32. The van der Waals surface area contributed by atoms with Crippen LogP contribution in [-0.4, -0.2) is 29.1 Å². The van der Waals surface area contributed by atoms with Gasteiger partial charge in [0.2, 0.25) is 0 Å². The van der Waals surface area contributed by atoms with E-state index in [0.29, 0.717) is 22.4 Å². The monoisotopic (exact) mass is 398 g/mol. The lowest BCUT2D eigenvalue weighted by atomic mass is 10.2. The third-order valence-corrected chi connectivity index (χ3v) is 4.84. The van der Waals surface area contributed by atoms with Gasteiger partial charge in [-0.1, -0.05) is 18.1 Å². The molecule has 1 fully saturated rings. The predicted molar refractivity (Wildman–Crippen MR) is 107 cm³/mol. The molecule has 1 aliphatic rings. The zero-order valence-corrected chi connectivity index (χ0v) is 15.8. The minimum Gasteiger partial charge on any atom is -0.481 e. The van der Waals surface area contributed by atoms with Gasteiger partial charge in [-0.3, -0.25) is 9.69 Å². The van der Waals surface area contributed by atoms with Gasteiger partial charge in [-0.15, -0.1) is 6.42 Å². The number of terminal acetylenes is 1. The summed E-state index contributed by atoms with van der Waals surface area (Å²) in [4.78, 5) is 18.8. The van der Waals surface area contributed by atoms with E-state index in [1.165, 1.54) is 11.0 Å². The largest absolute Gasteiger partial charge is 0.481 e. The molecule has 28 heavy (non-hydrogen) atoms. The normalized spacial score (nSPS) is 16.6. The summed E-state index contributed by atoms with van der Waals surface area (Å²) in [6.45, 7) is 2.36. The Bertz CT molecular complexity index is 994. The number of aliphatic imine (C=N–C) groups is 1. The molecule has 0 atom stereocenters. The highest BCUT2D eigenvalue weighted by atomic mass is 32.2. The van der Waals surface area contributed by atoms with E-state index in [9.17, 15) is 13.6 Å². The number of hydrogen-bond acceptors (Lipinski definition) is 4. The van der Waals surface area contributed by atoms with E-state index in [-0.39, 0.29) is 18.2 Å². The zero-order chi connectivity index (χ0) is 20.1. The number of hydrogen-bond donors (Lipinski definition) is 0. The van der Waals surface area contributed by atoms with E-state index in [0.717, 1.165) is 29.5 Å². The Morgan fingerprint density at radius 2 is 2.00 bits per heavy atom. The van der Waals surface area contributed by atoms with Gasteiger partial charge < -0.3 is 4.74 Å². The maximum Gasteiger partial charge on any atom is 0.266 e. The fraction of sp³-hybridized carbons (Fsp3) is 0.143. The van der Waals surface area contributed by atoms with E-state index < -0.39 is 11.6 Å². The van der Waals surface area contributed by atoms with Crippen LogP contribution in [-0.2, 0) is 4.79 Å². The predicted octanol–water partition coefficient (Wildman–Crippen LogP) is 4.60. The Kier molecular flexibility index (Phi) is 6.12. The summed E-state index contributed by atoms with van der Waals surface area (Å²) in [7, 11) is 0. The van der Waals surface area contributed by atoms with Crippen molar-refractivity contribution in [2.24, 2.45) is 4.99 Å². The lowest BCUT2D eigenvalue weighted by Crippen LogP contribution is -2.28. The van der Waals surface area contributed by atoms with Crippen molar-refractivity contribution in [3.63, 3.8) is 0 Å². The molecular weight excluding hydrogens is 382 g/mol. The molecule has 0 radical (unpaired) electrons. The van der Waals surface area contributed by atoms with E-state index >= 15 is 0 Å². The molecular formula is C21H16F2N2O2S. The number of halogens is 2. The molecule has 0 saturated carbocycles. The molecule has 2 aromatic carbocycles. The van der Waals surface area contributed by atoms with Crippen LogP contribution < -0.4 is 4.74 Å². The Hall–Kier alpha value is -3.11. The summed E-state index contributed by atoms with van der Waals surface area (Å²) in [6, 6.07) is 10.3. The van der Waals surface area contributed by atoms with Crippen molar-refractivity contribution in [2.75, 3.05) is 13.2 Å². The van der Waals surface area contributed by atoms with Crippen molar-refractivity contribution >= 4 is 34.6 Å². The number of likely N-dealkylation sites (N-methyl/N-ethyl adjacent to an activating group) is 1. The van der Waals surface area contributed by atoms with Gasteiger partial charge in [-0.25, -0.2) is 13.8 Å². The number of rotatable bonds is 5. The van der Waals surface area contributed by atoms with E-state index in [1.54, 1.807) is 37.3 Å². The zero-order valence-electron chi connectivity index (χ0n) is 15.0. The summed E-state index contributed by atoms with van der Waals surface area (Å²) in [6.07, 6.45) is 6.89. The lowest BCUT2D eigenvalue weighted by Gasteiger charge is -2.12. The van der Waals surface area contributed by atoms with Gasteiger partial charge in [-0.2, -0.15) is 0 Å². The molecule has 4 nitrogen and oxygen atoms in total. The Morgan fingerprint density at radius 3 is 2.64 bits per heavy atom. The molecule has 0 aliphatic carbocycles. The number of amidine groups is 1. The summed E-state index contributed by atoms with van der Waals surface area (Å²) >= 11 is 1.14. The first-order valence-corrected chi connectivity index (χ1v) is 9.25. The first kappa shape index (κ1) is 19.6. The number of amides is 1. The lowest BCUT2D eigenvalue weighted by molar-refractivity contribution is -0.122. The second kappa shape index (κ2) is 8.72. The van der Waals surface area contributed by atoms with Crippen molar-refractivity contribution in [2.45, 2.75) is 6.92 Å². The van der Waals surface area contributed by atoms with Crippen LogP contribution in [0.3, 0.4) is 0 Å². The second-order valence-electron chi connectivity index (χ2n) is 5.71. The maximum absolute atomic E-state index is 13.9. The smallest absolute Gasteiger partial charge is 0.266 e. The second-order valence-corrected chi connectivity index (χ2v) is 6.72. The van der Waals surface area contributed by atoms with Crippen molar-refractivity contribution in [1.29, 1.82) is 0 Å². The molecule has 0 spiro atoms. The van der Waals surface area contributed by atoms with Crippen LogP contribution in [0.4, 0.5) is 14.5 Å². The minimum atomic E-state index is -0.781. The summed E-state index contributed by atoms with van der Waals surface area (Å²) in [5.74, 6) is 1.34. The highest BCUT2D eigenvalue weighted by Crippen LogP contribution is 2.34. The summed E-state index contributed by atoms with van der Waals surface area (Å²) in [5, 5.41) is 0.346. The molecule has 142 valence electrons. The molecule has 1 heterocycles. The van der Waals surface area contributed by atoms with Crippen LogP contribution in [0.5, 0.6) is 5.75 Å². The van der Waals surface area contributed by atoms with E-state index in [4.69, 9.17) is 11.2 Å². The maximum atomic E-state index is 13.9. The Morgan fingerprint density at radius 1 is 1.25 bits per heavy atom. The van der Waals surface area contributed by atoms with Crippen molar-refractivity contribution in [3.05, 3.63) is 64.6 Å². The first-order valence-electron chi connectivity index (χ1n) is 8.43. The Labute approximate surface area is 165 Å². The molecule has 0 unspecified atom stereocenters. The standard InChI is InChI=1S/C21H16F2N2O2S/c1-3-11-27-16-8-5-14(6-9-16)12-19-20(26)25(4-2)21(28-19)24-18-10-7-15(22)13-17(18)23/h1,5-10,12-13H,4,11H2,2H3/b19-12-,24-21?. The Balaban J connectivity index is 1.85. The van der Waals surface area contributed by atoms with Gasteiger partial charge in [0.1, 0.15) is 23.9 Å². The van der Waals surface area contributed by atoms with Crippen molar-refractivity contribution in [3.8, 4) is 18.1 Å². The van der Waals surface area contributed by atoms with Crippen LogP contribution in [0.25, 0.3) is 6.08 Å². The molecule has 3 rings (SSSR count). The number of benzene rings is 2. The first-order chi connectivity index (χ1) is 13.5. The molecule has 1 saturated heterocycles. The van der Waals surface area contributed by atoms with Gasteiger partial charge in [0, 0.05) is 12.6 Å². The molecule has 7 heteroatoms. The number of carbonyl (C=O) groups is 1. The fourth-order valence-electron chi connectivity index (χ4n) is 2.48. The van der Waals surface area contributed by atoms with Gasteiger partial charge >= 0.3 is 0 Å². The average molecular weight is 398 g/mol. The SMILES string of the molecule is C#CCOc1ccc(/C=C2\SC(=Nc3ccc(F)cc3F)N(CC)C2=O)cc1. The topological polar surface area (TPSA) is 41.9 Å². The molecule has 0 N–H and O–H groups in total. The number of nitrogens with zero attached hydrogens (tertiary/aromatic N) is 2. The average Bonchev–Trinajstić information content (AvgIpc) is 2.97.